The van der Waals surface area contributed by atoms with Crippen molar-refractivity contribution in [3.05, 3.63) is 36.5 Å². The number of aromatic nitrogens is 1. The zero-order valence-electron chi connectivity index (χ0n) is 11.5. The fourth-order valence-electron chi connectivity index (χ4n) is 2.33. The van der Waals surface area contributed by atoms with Crippen molar-refractivity contribution in [1.29, 1.82) is 0 Å². The lowest BCUT2D eigenvalue weighted by atomic mass is 10.2. The van der Waals surface area contributed by atoms with Crippen LogP contribution in [0.4, 0.5) is 5.13 Å². The lowest BCUT2D eigenvalue weighted by Gasteiger charge is -2.11. The van der Waals surface area contributed by atoms with Gasteiger partial charge in [0, 0.05) is 12.7 Å². The average Bonchev–Trinajstić information content (AvgIpc) is 3.17. The Morgan fingerprint density at radius 1 is 1.38 bits per heavy atom. The molecule has 1 saturated heterocycles. The zero-order valence-corrected chi connectivity index (χ0v) is 12.3. The van der Waals surface area contributed by atoms with Crippen LogP contribution in [0, 0.1) is 0 Å². The number of amides is 1. The molecule has 3 rings (SSSR count). The molecule has 1 aromatic carbocycles. The summed E-state index contributed by atoms with van der Waals surface area (Å²) in [6, 6.07) is 9.97. The maximum Gasteiger partial charge on any atom is 0.255 e. The molecule has 2 atom stereocenters. The second kappa shape index (κ2) is 6.34. The molecular weight excluding hydrogens is 286 g/mol. The Morgan fingerprint density at radius 3 is 2.90 bits per heavy atom. The molecule has 1 aromatic heterocycles. The molecule has 1 amide bonds. The first kappa shape index (κ1) is 14.2. The molecule has 5 nitrogen and oxygen atoms in total. The van der Waals surface area contributed by atoms with Gasteiger partial charge < -0.3 is 10.5 Å². The van der Waals surface area contributed by atoms with E-state index in [4.69, 9.17) is 10.5 Å². The summed E-state index contributed by atoms with van der Waals surface area (Å²) in [7, 11) is 0. The lowest BCUT2D eigenvalue weighted by Crippen LogP contribution is -2.29. The van der Waals surface area contributed by atoms with E-state index in [0.29, 0.717) is 18.1 Å². The average molecular weight is 303 g/mol. The Bertz CT molecular complexity index is 614. The van der Waals surface area contributed by atoms with Gasteiger partial charge in [0.2, 0.25) is 0 Å². The Hall–Kier alpha value is -1.76. The molecule has 6 heteroatoms. The molecule has 0 radical (unpaired) electrons. The van der Waals surface area contributed by atoms with E-state index < -0.39 is 6.10 Å². The van der Waals surface area contributed by atoms with Crippen LogP contribution in [0.15, 0.2) is 36.5 Å². The normalized spacial score (nSPS) is 21.4. The highest BCUT2D eigenvalue weighted by molar-refractivity contribution is 7.19. The third-order valence-electron chi connectivity index (χ3n) is 3.46. The lowest BCUT2D eigenvalue weighted by molar-refractivity contribution is -0.126. The zero-order chi connectivity index (χ0) is 14.7. The smallest absolute Gasteiger partial charge is 0.255 e. The van der Waals surface area contributed by atoms with Crippen molar-refractivity contribution in [2.24, 2.45) is 5.73 Å². The maximum atomic E-state index is 12.1. The molecule has 21 heavy (non-hydrogen) atoms. The molecule has 0 spiro atoms. The number of carbonyl (C=O) groups excluding carboxylic acids is 1. The minimum atomic E-state index is -0.414. The number of ether oxygens (including phenoxy) is 1. The summed E-state index contributed by atoms with van der Waals surface area (Å²) in [5.41, 5.74) is 6.64. The van der Waals surface area contributed by atoms with Crippen LogP contribution in [-0.2, 0) is 9.53 Å². The van der Waals surface area contributed by atoms with Gasteiger partial charge in [-0.3, -0.25) is 10.1 Å². The maximum absolute atomic E-state index is 12.1. The van der Waals surface area contributed by atoms with Crippen LogP contribution < -0.4 is 11.1 Å². The second-order valence-electron chi connectivity index (χ2n) is 4.94. The molecule has 1 aliphatic heterocycles. The first-order chi connectivity index (χ1) is 10.3. The Kier molecular flexibility index (Phi) is 4.28. The van der Waals surface area contributed by atoms with E-state index in [1.165, 1.54) is 11.3 Å². The fourth-order valence-corrected chi connectivity index (χ4v) is 3.15. The van der Waals surface area contributed by atoms with E-state index in [0.717, 1.165) is 16.9 Å². The first-order valence-electron chi connectivity index (χ1n) is 6.94. The van der Waals surface area contributed by atoms with E-state index >= 15 is 0 Å². The summed E-state index contributed by atoms with van der Waals surface area (Å²) >= 11 is 1.46. The van der Waals surface area contributed by atoms with Crippen LogP contribution in [0.3, 0.4) is 0 Å². The van der Waals surface area contributed by atoms with Crippen molar-refractivity contribution in [2.45, 2.75) is 25.0 Å². The molecule has 0 unspecified atom stereocenters. The van der Waals surface area contributed by atoms with Gasteiger partial charge in [-0.05, 0) is 18.4 Å². The SMILES string of the molecule is NC[C@H]1CC[C@@H](C(=O)Nc2ncc(-c3ccccc3)s2)O1. The van der Waals surface area contributed by atoms with Gasteiger partial charge in [0.15, 0.2) is 5.13 Å². The molecule has 2 aromatic rings. The van der Waals surface area contributed by atoms with Gasteiger partial charge in [0.25, 0.3) is 5.91 Å². The highest BCUT2D eigenvalue weighted by Gasteiger charge is 2.30. The van der Waals surface area contributed by atoms with E-state index in [1.807, 2.05) is 30.3 Å². The van der Waals surface area contributed by atoms with Gasteiger partial charge in [-0.25, -0.2) is 4.98 Å². The van der Waals surface area contributed by atoms with Crippen LogP contribution in [0.5, 0.6) is 0 Å². The van der Waals surface area contributed by atoms with Crippen molar-refractivity contribution in [3.63, 3.8) is 0 Å². The molecule has 3 N–H and O–H groups in total. The van der Waals surface area contributed by atoms with Crippen LogP contribution in [0.25, 0.3) is 10.4 Å². The minimum Gasteiger partial charge on any atom is -0.364 e. The molecule has 1 fully saturated rings. The van der Waals surface area contributed by atoms with E-state index in [2.05, 4.69) is 10.3 Å². The predicted molar refractivity (Wildman–Crippen MR) is 83.1 cm³/mol. The second-order valence-corrected chi connectivity index (χ2v) is 5.98. The van der Waals surface area contributed by atoms with E-state index in [-0.39, 0.29) is 12.0 Å². The number of nitrogens with two attached hydrogens (primary N) is 1. The summed E-state index contributed by atoms with van der Waals surface area (Å²) in [5.74, 6) is -0.139. The van der Waals surface area contributed by atoms with Gasteiger partial charge in [-0.1, -0.05) is 41.7 Å². The van der Waals surface area contributed by atoms with Crippen LogP contribution in [-0.4, -0.2) is 29.6 Å². The molecule has 110 valence electrons. The molecule has 1 aliphatic rings. The molecule has 0 bridgehead atoms. The van der Waals surface area contributed by atoms with E-state index in [1.54, 1.807) is 6.20 Å². The number of rotatable bonds is 4. The van der Waals surface area contributed by atoms with Crippen LogP contribution in [0.1, 0.15) is 12.8 Å². The predicted octanol–water partition coefficient (Wildman–Crippen LogP) is 2.25. The number of benzene rings is 1. The number of nitrogens with one attached hydrogen (secondary N) is 1. The number of carbonyl (C=O) groups is 1. The molecule has 2 heterocycles. The summed E-state index contributed by atoms with van der Waals surface area (Å²) in [6.45, 7) is 0.458. The fraction of sp³-hybridized carbons (Fsp3) is 0.333. The highest BCUT2D eigenvalue weighted by Crippen LogP contribution is 2.29. The standard InChI is InChI=1S/C15H17N3O2S/c16-8-11-6-7-12(20-11)14(19)18-15-17-9-13(21-15)10-4-2-1-3-5-10/h1-5,9,11-12H,6-8,16H2,(H,17,18,19)/t11-,12+/m1/s1. The summed E-state index contributed by atoms with van der Waals surface area (Å²) in [6.07, 6.45) is 2.90. The summed E-state index contributed by atoms with van der Waals surface area (Å²) in [4.78, 5) is 17.4. The Labute approximate surface area is 127 Å². The van der Waals surface area contributed by atoms with Crippen LogP contribution >= 0.6 is 11.3 Å². The number of anilines is 1. The molecule has 0 saturated carbocycles. The number of thiazole rings is 1. The molecule has 0 aliphatic carbocycles. The largest absolute Gasteiger partial charge is 0.364 e. The van der Waals surface area contributed by atoms with Gasteiger partial charge in [-0.15, -0.1) is 0 Å². The number of nitrogens with zero attached hydrogens (tertiary/aromatic N) is 1. The monoisotopic (exact) mass is 303 g/mol. The summed E-state index contributed by atoms with van der Waals surface area (Å²) < 4.78 is 5.58. The van der Waals surface area contributed by atoms with Crippen molar-refractivity contribution < 1.29 is 9.53 Å². The van der Waals surface area contributed by atoms with Crippen molar-refractivity contribution in [1.82, 2.24) is 4.98 Å². The highest BCUT2D eigenvalue weighted by atomic mass is 32.1. The van der Waals surface area contributed by atoms with Crippen molar-refractivity contribution in [2.75, 3.05) is 11.9 Å². The van der Waals surface area contributed by atoms with Crippen molar-refractivity contribution in [3.8, 4) is 10.4 Å². The third-order valence-corrected chi connectivity index (χ3v) is 4.42. The third kappa shape index (κ3) is 3.29. The Balaban J connectivity index is 1.64. The van der Waals surface area contributed by atoms with Crippen LogP contribution in [0.2, 0.25) is 0 Å². The molecular formula is C15H17N3O2S. The van der Waals surface area contributed by atoms with Gasteiger partial charge >= 0.3 is 0 Å². The van der Waals surface area contributed by atoms with E-state index in [9.17, 15) is 4.79 Å². The minimum absolute atomic E-state index is 0.00285. The van der Waals surface area contributed by atoms with Gasteiger partial charge in [0.05, 0.1) is 11.0 Å². The number of hydrogen-bond donors (Lipinski definition) is 2. The van der Waals surface area contributed by atoms with Gasteiger partial charge in [-0.2, -0.15) is 0 Å². The topological polar surface area (TPSA) is 77.2 Å². The summed E-state index contributed by atoms with van der Waals surface area (Å²) in [5, 5.41) is 3.42. The number of hydrogen-bond acceptors (Lipinski definition) is 5. The Morgan fingerprint density at radius 2 is 2.19 bits per heavy atom. The first-order valence-corrected chi connectivity index (χ1v) is 7.75. The van der Waals surface area contributed by atoms with Gasteiger partial charge in [0.1, 0.15) is 6.10 Å². The quantitative estimate of drug-likeness (QED) is 0.908. The van der Waals surface area contributed by atoms with Crippen molar-refractivity contribution >= 4 is 22.4 Å².